The lowest BCUT2D eigenvalue weighted by Gasteiger charge is -2.14. The molecule has 29 heavy (non-hydrogen) atoms. The van der Waals surface area contributed by atoms with Crippen LogP contribution in [0.3, 0.4) is 0 Å². The average molecular weight is 515 g/mol. The number of hydrogen-bond donors (Lipinski definition) is 2. The number of benzene rings is 3. The third kappa shape index (κ3) is 4.52. The number of nitro benzene ring substituents is 1. The highest BCUT2D eigenvalue weighted by atomic mass is 79.9. The molecule has 4 rings (SSSR count). The molecule has 3 aromatic carbocycles. The highest BCUT2D eigenvalue weighted by molar-refractivity contribution is 9.10. The molecule has 0 saturated carbocycles. The number of halogens is 2. The molecule has 0 bridgehead atoms. The van der Waals surface area contributed by atoms with Gasteiger partial charge in [-0.2, -0.15) is 0 Å². The van der Waals surface area contributed by atoms with Crippen LogP contribution in [0, 0.1) is 10.1 Å². The molecule has 4 aromatic rings. The quantitative estimate of drug-likeness (QED) is 0.231. The molecule has 0 fully saturated rings. The van der Waals surface area contributed by atoms with Crippen molar-refractivity contribution in [1.29, 1.82) is 0 Å². The number of nitrogens with one attached hydrogen (secondary N) is 2. The van der Waals surface area contributed by atoms with Gasteiger partial charge in [0.05, 0.1) is 16.0 Å². The van der Waals surface area contributed by atoms with E-state index < -0.39 is 4.92 Å². The van der Waals surface area contributed by atoms with Crippen molar-refractivity contribution in [1.82, 2.24) is 9.97 Å². The average Bonchev–Trinajstić information content (AvgIpc) is 2.71. The fraction of sp³-hybridized carbons (Fsp3) is 0. The first-order valence-corrected chi connectivity index (χ1v) is 10.1. The number of nitrogens with zero attached hydrogens (tertiary/aromatic N) is 3. The van der Waals surface area contributed by atoms with E-state index in [2.05, 4.69) is 52.5 Å². The predicted octanol–water partition coefficient (Wildman–Crippen LogP) is 6.55. The van der Waals surface area contributed by atoms with Crippen LogP contribution in [0.15, 0.2) is 75.7 Å². The summed E-state index contributed by atoms with van der Waals surface area (Å²) in [6.07, 6.45) is 0. The van der Waals surface area contributed by atoms with Crippen molar-refractivity contribution in [3.63, 3.8) is 0 Å². The number of hydrogen-bond acceptors (Lipinski definition) is 6. The van der Waals surface area contributed by atoms with E-state index in [0.717, 1.165) is 20.3 Å². The van der Waals surface area contributed by atoms with E-state index >= 15 is 0 Å². The Hall–Kier alpha value is -3.04. The predicted molar refractivity (Wildman–Crippen MR) is 121 cm³/mol. The Morgan fingerprint density at radius 3 is 1.69 bits per heavy atom. The highest BCUT2D eigenvalue weighted by Gasteiger charge is 2.13. The first-order valence-electron chi connectivity index (χ1n) is 8.49. The van der Waals surface area contributed by atoms with E-state index in [1.54, 1.807) is 6.07 Å². The number of aromatic nitrogens is 2. The summed E-state index contributed by atoms with van der Waals surface area (Å²) in [6.45, 7) is 0. The molecule has 0 amide bonds. The van der Waals surface area contributed by atoms with Crippen LogP contribution in [-0.4, -0.2) is 14.9 Å². The van der Waals surface area contributed by atoms with Crippen molar-refractivity contribution in [2.75, 3.05) is 10.6 Å². The second-order valence-corrected chi connectivity index (χ2v) is 7.95. The van der Waals surface area contributed by atoms with Gasteiger partial charge in [-0.15, -0.1) is 0 Å². The maximum Gasteiger partial charge on any atom is 0.271 e. The van der Waals surface area contributed by atoms with Gasteiger partial charge in [-0.3, -0.25) is 10.1 Å². The summed E-state index contributed by atoms with van der Waals surface area (Å²) in [4.78, 5) is 19.9. The van der Waals surface area contributed by atoms with E-state index in [4.69, 9.17) is 0 Å². The van der Waals surface area contributed by atoms with Crippen LogP contribution in [0.1, 0.15) is 0 Å². The number of non-ortho nitro benzene ring substituents is 1. The van der Waals surface area contributed by atoms with Crippen molar-refractivity contribution < 1.29 is 4.92 Å². The van der Waals surface area contributed by atoms with Crippen molar-refractivity contribution in [3.05, 3.63) is 85.8 Å². The fourth-order valence-corrected chi connectivity index (χ4v) is 3.20. The maximum atomic E-state index is 11.1. The van der Waals surface area contributed by atoms with Crippen molar-refractivity contribution in [3.8, 4) is 0 Å². The molecule has 2 N–H and O–H groups in total. The van der Waals surface area contributed by atoms with Gasteiger partial charge < -0.3 is 10.6 Å². The second kappa shape index (κ2) is 8.14. The molecule has 0 saturated heterocycles. The van der Waals surface area contributed by atoms with Gasteiger partial charge >= 0.3 is 0 Å². The summed E-state index contributed by atoms with van der Waals surface area (Å²) in [7, 11) is 0. The molecule has 0 radical (unpaired) electrons. The number of fused-ring (bicyclic) bond motifs is 1. The molecule has 144 valence electrons. The zero-order chi connectivity index (χ0) is 20.4. The SMILES string of the molecule is O=[N+]([O-])c1ccc2nc(Nc3ccc(Br)cc3)c(Nc3ccc(Br)cc3)nc2c1. The summed E-state index contributed by atoms with van der Waals surface area (Å²) < 4.78 is 1.92. The van der Waals surface area contributed by atoms with Crippen molar-refractivity contribution in [2.24, 2.45) is 0 Å². The van der Waals surface area contributed by atoms with Gasteiger partial charge in [-0.05, 0) is 54.6 Å². The third-order valence-corrected chi connectivity index (χ3v) is 5.13. The van der Waals surface area contributed by atoms with E-state index in [0.29, 0.717) is 22.7 Å². The monoisotopic (exact) mass is 513 g/mol. The summed E-state index contributed by atoms with van der Waals surface area (Å²) >= 11 is 6.83. The van der Waals surface area contributed by atoms with Crippen LogP contribution in [0.5, 0.6) is 0 Å². The molecule has 0 atom stereocenters. The smallest absolute Gasteiger partial charge is 0.271 e. The van der Waals surface area contributed by atoms with Crippen LogP contribution < -0.4 is 10.6 Å². The topological polar surface area (TPSA) is 93.0 Å². The Morgan fingerprint density at radius 1 is 0.724 bits per heavy atom. The summed E-state index contributed by atoms with van der Waals surface area (Å²) in [5.41, 5.74) is 2.60. The van der Waals surface area contributed by atoms with Crippen molar-refractivity contribution >= 4 is 71.6 Å². The first kappa shape index (κ1) is 19.3. The molecule has 1 aromatic heterocycles. The minimum atomic E-state index is -0.447. The molecule has 0 aliphatic heterocycles. The van der Waals surface area contributed by atoms with Gasteiger partial charge in [0.15, 0.2) is 11.6 Å². The third-order valence-electron chi connectivity index (χ3n) is 4.07. The Labute approximate surface area is 182 Å². The normalized spacial score (nSPS) is 10.7. The first-order chi connectivity index (χ1) is 14.0. The van der Waals surface area contributed by atoms with E-state index in [9.17, 15) is 10.1 Å². The second-order valence-electron chi connectivity index (χ2n) is 6.11. The molecule has 7 nitrogen and oxygen atoms in total. The van der Waals surface area contributed by atoms with Gasteiger partial charge in [0.1, 0.15) is 0 Å². The molecule has 9 heteroatoms. The molecule has 0 unspecified atom stereocenters. The van der Waals surface area contributed by atoms with E-state index in [1.165, 1.54) is 12.1 Å². The Kier molecular flexibility index (Phi) is 5.41. The van der Waals surface area contributed by atoms with E-state index in [-0.39, 0.29) is 5.69 Å². The van der Waals surface area contributed by atoms with Gasteiger partial charge in [-0.1, -0.05) is 31.9 Å². The summed E-state index contributed by atoms with van der Waals surface area (Å²) in [6, 6.07) is 19.7. The maximum absolute atomic E-state index is 11.1. The lowest BCUT2D eigenvalue weighted by atomic mass is 10.2. The van der Waals surface area contributed by atoms with Crippen LogP contribution >= 0.6 is 31.9 Å². The molecule has 0 aliphatic carbocycles. The van der Waals surface area contributed by atoms with Gasteiger partial charge in [0.2, 0.25) is 0 Å². The zero-order valence-corrected chi connectivity index (χ0v) is 17.9. The summed E-state index contributed by atoms with van der Waals surface area (Å²) in [5, 5.41) is 17.6. The number of rotatable bonds is 5. The largest absolute Gasteiger partial charge is 0.337 e. The minimum Gasteiger partial charge on any atom is -0.337 e. The number of anilines is 4. The Bertz CT molecular complexity index is 1200. The zero-order valence-electron chi connectivity index (χ0n) is 14.8. The molecular formula is C20H13Br2N5O2. The highest BCUT2D eigenvalue weighted by Crippen LogP contribution is 2.30. The molecule has 1 heterocycles. The van der Waals surface area contributed by atoms with E-state index in [1.807, 2.05) is 48.5 Å². The lowest BCUT2D eigenvalue weighted by Crippen LogP contribution is -2.03. The van der Waals surface area contributed by atoms with Crippen LogP contribution in [0.4, 0.5) is 28.7 Å². The van der Waals surface area contributed by atoms with Crippen LogP contribution in [-0.2, 0) is 0 Å². The van der Waals surface area contributed by atoms with Crippen LogP contribution in [0.2, 0.25) is 0 Å². The lowest BCUT2D eigenvalue weighted by molar-refractivity contribution is -0.384. The molecule has 0 spiro atoms. The molecular weight excluding hydrogens is 502 g/mol. The van der Waals surface area contributed by atoms with Gasteiger partial charge in [0.25, 0.3) is 5.69 Å². The standard InChI is InChI=1S/C20H13Br2N5O2/c21-12-1-5-14(6-2-12)23-19-20(24-15-7-3-13(22)4-8-15)26-18-11-16(27(28)29)9-10-17(18)25-19/h1-11H,(H,23,25)(H,24,26). The molecule has 0 aliphatic rings. The minimum absolute atomic E-state index is 0.0324. The Balaban J connectivity index is 1.79. The summed E-state index contributed by atoms with van der Waals surface area (Å²) in [5.74, 6) is 0.972. The van der Waals surface area contributed by atoms with Crippen molar-refractivity contribution in [2.45, 2.75) is 0 Å². The van der Waals surface area contributed by atoms with Gasteiger partial charge in [0, 0.05) is 32.5 Å². The van der Waals surface area contributed by atoms with Gasteiger partial charge in [-0.25, -0.2) is 9.97 Å². The Morgan fingerprint density at radius 2 is 1.21 bits per heavy atom. The van der Waals surface area contributed by atoms with Crippen LogP contribution in [0.25, 0.3) is 11.0 Å². The number of nitro groups is 1. The fourth-order valence-electron chi connectivity index (χ4n) is 2.67.